The van der Waals surface area contributed by atoms with Crippen molar-refractivity contribution in [3.8, 4) is 0 Å². The Bertz CT molecular complexity index is 867. The average molecular weight is 462 g/mol. The summed E-state index contributed by atoms with van der Waals surface area (Å²) in [4.78, 5) is 0. The highest BCUT2D eigenvalue weighted by Crippen LogP contribution is 2.38. The molecule has 1 aliphatic heterocycles. The minimum absolute atomic E-state index is 0. The van der Waals surface area contributed by atoms with E-state index < -0.39 is 20.0 Å². The maximum absolute atomic E-state index is 12.8. The van der Waals surface area contributed by atoms with Crippen molar-refractivity contribution in [2.75, 3.05) is 40.0 Å². The molecular formula is C14H24ClN3O6S3. The standard InChI is InChI=1S/C14H23N3O6S3.ClH/c1-3-4-16-12-10-17(5-6-23-8-7-22-2)26(20,21)14-11(12)9-13(24-14)25(15,18)19;/h9-10,16H,3-8H2,1-2H3,(H2,15,18,19);1H. The number of methoxy groups -OCH3 is 1. The molecule has 0 spiro atoms. The van der Waals surface area contributed by atoms with Crippen molar-refractivity contribution in [2.24, 2.45) is 5.14 Å². The van der Waals surface area contributed by atoms with Gasteiger partial charge in [0.15, 0.2) is 4.21 Å². The minimum Gasteiger partial charge on any atom is -0.383 e. The molecule has 1 aromatic rings. The Morgan fingerprint density at radius 2 is 2.00 bits per heavy atom. The van der Waals surface area contributed by atoms with Crippen LogP contribution in [-0.2, 0) is 29.5 Å². The predicted octanol–water partition coefficient (Wildman–Crippen LogP) is 0.783. The fourth-order valence-corrected chi connectivity index (χ4v) is 6.24. The molecule has 27 heavy (non-hydrogen) atoms. The first-order chi connectivity index (χ1) is 12.2. The second kappa shape index (κ2) is 10.0. The highest BCUT2D eigenvalue weighted by Gasteiger charge is 2.35. The van der Waals surface area contributed by atoms with Crippen LogP contribution in [0.15, 0.2) is 20.7 Å². The van der Waals surface area contributed by atoms with Crippen molar-refractivity contribution >= 4 is 49.5 Å². The molecule has 0 saturated carbocycles. The number of ether oxygens (including phenoxy) is 2. The van der Waals surface area contributed by atoms with Crippen LogP contribution in [0.4, 0.5) is 0 Å². The molecule has 2 heterocycles. The summed E-state index contributed by atoms with van der Waals surface area (Å²) in [6.45, 7) is 3.64. The maximum atomic E-state index is 12.8. The molecule has 0 amide bonds. The third-order valence-electron chi connectivity index (χ3n) is 3.52. The Morgan fingerprint density at radius 1 is 1.30 bits per heavy atom. The van der Waals surface area contributed by atoms with E-state index in [2.05, 4.69) is 5.32 Å². The van der Waals surface area contributed by atoms with Crippen molar-refractivity contribution in [1.82, 2.24) is 9.62 Å². The van der Waals surface area contributed by atoms with E-state index in [1.807, 2.05) is 6.92 Å². The normalized spacial score (nSPS) is 15.7. The summed E-state index contributed by atoms with van der Waals surface area (Å²) in [5.74, 6) is 0. The number of hydrogen-bond acceptors (Lipinski definition) is 8. The molecule has 0 atom stereocenters. The lowest BCUT2D eigenvalue weighted by Crippen LogP contribution is -2.34. The summed E-state index contributed by atoms with van der Waals surface area (Å²) in [5.41, 5.74) is 0.865. The third-order valence-corrected chi connectivity index (χ3v) is 8.34. The summed E-state index contributed by atoms with van der Waals surface area (Å²) < 4.78 is 60.1. The summed E-state index contributed by atoms with van der Waals surface area (Å²) in [6.07, 6.45) is 2.29. The molecule has 0 saturated heterocycles. The number of halogens is 1. The van der Waals surface area contributed by atoms with Crippen LogP contribution in [0.2, 0.25) is 0 Å². The third kappa shape index (κ3) is 5.79. The van der Waals surface area contributed by atoms with Crippen LogP contribution in [0.3, 0.4) is 0 Å². The SMILES string of the molecule is CCCNC1=CN(CCOCCOC)S(=O)(=O)c2sc(S(N)(=O)=O)cc21.Cl. The highest BCUT2D eigenvalue weighted by molar-refractivity contribution is 7.94. The van der Waals surface area contributed by atoms with E-state index in [-0.39, 0.29) is 34.0 Å². The summed E-state index contributed by atoms with van der Waals surface area (Å²) in [7, 11) is -6.31. The largest absolute Gasteiger partial charge is 0.383 e. The van der Waals surface area contributed by atoms with Gasteiger partial charge in [-0.2, -0.15) is 0 Å². The molecule has 9 nitrogen and oxygen atoms in total. The number of nitrogens with zero attached hydrogens (tertiary/aromatic N) is 1. The van der Waals surface area contributed by atoms with Gasteiger partial charge in [-0.25, -0.2) is 22.0 Å². The van der Waals surface area contributed by atoms with Gasteiger partial charge in [0.25, 0.3) is 10.0 Å². The van der Waals surface area contributed by atoms with Gasteiger partial charge in [0.05, 0.1) is 32.1 Å². The van der Waals surface area contributed by atoms with E-state index >= 15 is 0 Å². The van der Waals surface area contributed by atoms with E-state index in [0.717, 1.165) is 10.7 Å². The van der Waals surface area contributed by atoms with Crippen molar-refractivity contribution in [2.45, 2.75) is 21.8 Å². The first kappa shape index (κ1) is 24.1. The van der Waals surface area contributed by atoms with Crippen LogP contribution in [0, 0.1) is 0 Å². The first-order valence-corrected chi connectivity index (χ1v) is 11.7. The second-order valence-electron chi connectivity index (χ2n) is 5.50. The van der Waals surface area contributed by atoms with Crippen LogP contribution in [0.5, 0.6) is 0 Å². The van der Waals surface area contributed by atoms with Gasteiger partial charge in [0.2, 0.25) is 10.0 Å². The topological polar surface area (TPSA) is 128 Å². The Kier molecular flexibility index (Phi) is 8.99. The second-order valence-corrected chi connectivity index (χ2v) is 10.4. The van der Waals surface area contributed by atoms with Gasteiger partial charge in [0, 0.05) is 25.4 Å². The maximum Gasteiger partial charge on any atom is 0.274 e. The molecule has 1 aromatic heterocycles. The van der Waals surface area contributed by atoms with Crippen molar-refractivity contribution in [1.29, 1.82) is 0 Å². The zero-order valence-corrected chi connectivity index (χ0v) is 18.3. The lowest BCUT2D eigenvalue weighted by atomic mass is 10.2. The van der Waals surface area contributed by atoms with Crippen molar-refractivity contribution < 1.29 is 26.3 Å². The predicted molar refractivity (Wildman–Crippen MR) is 106 cm³/mol. The Morgan fingerprint density at radius 3 is 2.59 bits per heavy atom. The van der Waals surface area contributed by atoms with Gasteiger partial charge >= 0.3 is 0 Å². The molecule has 13 heteroatoms. The molecular weight excluding hydrogens is 438 g/mol. The molecule has 1 aliphatic rings. The molecule has 0 radical (unpaired) electrons. The van der Waals surface area contributed by atoms with Gasteiger partial charge in [-0.3, -0.25) is 4.31 Å². The minimum atomic E-state index is -3.99. The summed E-state index contributed by atoms with van der Waals surface area (Å²) in [6, 6.07) is 1.30. The van der Waals surface area contributed by atoms with Crippen molar-refractivity contribution in [3.63, 3.8) is 0 Å². The number of thiophene rings is 1. The number of sulfonamides is 2. The molecule has 0 unspecified atom stereocenters. The van der Waals surface area contributed by atoms with E-state index in [1.165, 1.54) is 12.3 Å². The summed E-state index contributed by atoms with van der Waals surface area (Å²) in [5, 5.41) is 8.30. The van der Waals surface area contributed by atoms with E-state index in [4.69, 9.17) is 14.6 Å². The van der Waals surface area contributed by atoms with Crippen molar-refractivity contribution in [3.05, 3.63) is 17.8 Å². The fourth-order valence-electron chi connectivity index (χ4n) is 2.25. The monoisotopic (exact) mass is 461 g/mol. The van der Waals surface area contributed by atoms with Crippen LogP contribution in [0.25, 0.3) is 5.70 Å². The van der Waals surface area contributed by atoms with Gasteiger partial charge in [-0.1, -0.05) is 6.92 Å². The smallest absolute Gasteiger partial charge is 0.274 e. The van der Waals surface area contributed by atoms with Crippen LogP contribution in [0.1, 0.15) is 18.9 Å². The molecule has 3 N–H and O–H groups in total. The quantitative estimate of drug-likeness (QED) is 0.492. The van der Waals surface area contributed by atoms with Gasteiger partial charge < -0.3 is 14.8 Å². The van der Waals surface area contributed by atoms with Gasteiger partial charge in [-0.15, -0.1) is 23.7 Å². The molecule has 0 aromatic carbocycles. The number of nitrogens with two attached hydrogens (primary N) is 1. The Balaban J connectivity index is 0.00000364. The van der Waals surface area contributed by atoms with E-state index in [0.29, 0.717) is 42.4 Å². The molecule has 0 fully saturated rings. The van der Waals surface area contributed by atoms with Gasteiger partial charge in [-0.05, 0) is 12.5 Å². The zero-order valence-electron chi connectivity index (χ0n) is 15.0. The lowest BCUT2D eigenvalue weighted by Gasteiger charge is -2.26. The van der Waals surface area contributed by atoms with E-state index in [9.17, 15) is 16.8 Å². The Labute approximate surface area is 170 Å². The van der Waals surface area contributed by atoms with Crippen LogP contribution in [-0.4, -0.2) is 61.2 Å². The number of hydrogen-bond donors (Lipinski definition) is 2. The molecule has 0 aliphatic carbocycles. The average Bonchev–Trinajstić information content (AvgIpc) is 3.02. The van der Waals surface area contributed by atoms with Crippen LogP contribution < -0.4 is 10.5 Å². The number of primary sulfonamides is 1. The number of nitrogens with one attached hydrogen (secondary N) is 1. The zero-order chi connectivity index (χ0) is 19.4. The molecule has 156 valence electrons. The lowest BCUT2D eigenvalue weighted by molar-refractivity contribution is 0.0684. The molecule has 0 bridgehead atoms. The van der Waals surface area contributed by atoms with Gasteiger partial charge in [0.1, 0.15) is 4.21 Å². The van der Waals surface area contributed by atoms with E-state index in [1.54, 1.807) is 7.11 Å². The number of fused-ring (bicyclic) bond motifs is 1. The highest BCUT2D eigenvalue weighted by atomic mass is 35.5. The fraction of sp³-hybridized carbons (Fsp3) is 0.571. The summed E-state index contributed by atoms with van der Waals surface area (Å²) >= 11 is 0.653. The molecule has 2 rings (SSSR count). The van der Waals surface area contributed by atoms with Crippen LogP contribution >= 0.6 is 23.7 Å². The Hall–Kier alpha value is -0.890. The first-order valence-electron chi connectivity index (χ1n) is 7.93. The number of rotatable bonds is 10.